The van der Waals surface area contributed by atoms with Gasteiger partial charge >= 0.3 is 5.76 Å². The molecule has 0 fully saturated rings. The van der Waals surface area contributed by atoms with Crippen LogP contribution in [0.5, 0.6) is 0 Å². The molecule has 23 heavy (non-hydrogen) atoms. The van der Waals surface area contributed by atoms with Crippen molar-refractivity contribution in [1.29, 1.82) is 5.26 Å². The van der Waals surface area contributed by atoms with Crippen LogP contribution in [0, 0.1) is 11.3 Å². The monoisotopic (exact) mass is 305 g/mol. The molecule has 2 aromatic carbocycles. The number of hydrogen-bond acceptors (Lipinski definition) is 4. The third-order valence-corrected chi connectivity index (χ3v) is 3.57. The van der Waals surface area contributed by atoms with Crippen molar-refractivity contribution in [2.45, 2.75) is 18.9 Å². The molecule has 1 aromatic heterocycles. The molecule has 0 unspecified atom stereocenters. The summed E-state index contributed by atoms with van der Waals surface area (Å²) in [7, 11) is 0. The normalized spacial score (nSPS) is 10.6. The van der Waals surface area contributed by atoms with Crippen LogP contribution in [0.15, 0.2) is 69.9 Å². The summed E-state index contributed by atoms with van der Waals surface area (Å²) in [6.45, 7) is 0.231. The van der Waals surface area contributed by atoms with Gasteiger partial charge in [0.25, 0.3) is 0 Å². The van der Waals surface area contributed by atoms with Crippen LogP contribution in [-0.4, -0.2) is 9.78 Å². The van der Waals surface area contributed by atoms with E-state index in [9.17, 15) is 4.79 Å². The number of aromatic nitrogens is 2. The zero-order chi connectivity index (χ0) is 16.1. The zero-order valence-corrected chi connectivity index (χ0v) is 12.4. The van der Waals surface area contributed by atoms with Crippen molar-refractivity contribution in [2.75, 3.05) is 0 Å². The molecule has 1 heterocycles. The van der Waals surface area contributed by atoms with Gasteiger partial charge in [-0.1, -0.05) is 60.7 Å². The summed E-state index contributed by atoms with van der Waals surface area (Å²) in [4.78, 5) is 11.9. The molecule has 114 valence electrons. The lowest BCUT2D eigenvalue weighted by Gasteiger charge is -2.13. The summed E-state index contributed by atoms with van der Waals surface area (Å²) < 4.78 is 6.58. The Kier molecular flexibility index (Phi) is 4.34. The van der Waals surface area contributed by atoms with Gasteiger partial charge < -0.3 is 4.42 Å². The third-order valence-electron chi connectivity index (χ3n) is 3.57. The molecule has 3 aromatic rings. The minimum atomic E-state index is -0.535. The second-order valence-corrected chi connectivity index (χ2v) is 5.09. The highest BCUT2D eigenvalue weighted by molar-refractivity contribution is 5.37. The molecule has 0 aliphatic carbocycles. The molecule has 5 nitrogen and oxygen atoms in total. The molecule has 0 N–H and O–H groups in total. The smallest absolute Gasteiger partial charge is 0.391 e. The van der Waals surface area contributed by atoms with Crippen molar-refractivity contribution in [3.63, 3.8) is 0 Å². The van der Waals surface area contributed by atoms with Crippen LogP contribution in [0.3, 0.4) is 0 Å². The van der Waals surface area contributed by atoms with E-state index in [1.54, 1.807) is 0 Å². The Balaban J connectivity index is 2.07. The Hall–Kier alpha value is -3.13. The fourth-order valence-corrected chi connectivity index (χ4v) is 2.50. The number of hydrogen-bond donors (Lipinski definition) is 0. The quantitative estimate of drug-likeness (QED) is 0.726. The van der Waals surface area contributed by atoms with Crippen LogP contribution in [0.1, 0.15) is 29.4 Å². The summed E-state index contributed by atoms with van der Waals surface area (Å²) in [5.74, 6) is -0.453. The van der Waals surface area contributed by atoms with E-state index in [1.165, 1.54) is 4.68 Å². The van der Waals surface area contributed by atoms with E-state index in [4.69, 9.17) is 9.68 Å². The standard InChI is InChI=1S/C18H15N3O2/c19-12-7-13-21-18(22)23-17(20-21)16(14-8-3-1-4-9-14)15-10-5-2-6-11-15/h1-6,8-11,16H,7,13H2. The number of nitrogens with zero attached hydrogens (tertiary/aromatic N) is 3. The third kappa shape index (κ3) is 3.22. The lowest BCUT2D eigenvalue weighted by molar-refractivity contribution is 0.442. The van der Waals surface area contributed by atoms with Crippen LogP contribution in [-0.2, 0) is 6.54 Å². The van der Waals surface area contributed by atoms with Gasteiger partial charge in [0, 0.05) is 0 Å². The molecule has 0 aliphatic heterocycles. The van der Waals surface area contributed by atoms with Gasteiger partial charge in [-0.3, -0.25) is 0 Å². The van der Waals surface area contributed by atoms with E-state index in [0.717, 1.165) is 11.1 Å². The molecular weight excluding hydrogens is 290 g/mol. The predicted molar refractivity (Wildman–Crippen MR) is 84.8 cm³/mol. The van der Waals surface area contributed by atoms with Gasteiger partial charge in [0.05, 0.1) is 25.0 Å². The van der Waals surface area contributed by atoms with E-state index >= 15 is 0 Å². The minimum absolute atomic E-state index is 0.215. The van der Waals surface area contributed by atoms with Gasteiger partial charge in [-0.05, 0) is 11.1 Å². The highest BCUT2D eigenvalue weighted by Crippen LogP contribution is 2.29. The van der Waals surface area contributed by atoms with Crippen molar-refractivity contribution in [2.24, 2.45) is 0 Å². The lowest BCUT2D eigenvalue weighted by Crippen LogP contribution is -2.15. The summed E-state index contributed by atoms with van der Waals surface area (Å²) in [5.41, 5.74) is 1.99. The van der Waals surface area contributed by atoms with Gasteiger partial charge in [-0.15, -0.1) is 5.10 Å². The Labute approximate surface area is 133 Å². The maximum absolute atomic E-state index is 11.9. The molecule has 0 atom stereocenters. The van der Waals surface area contributed by atoms with Crippen molar-refractivity contribution in [1.82, 2.24) is 9.78 Å². The molecule has 0 amide bonds. The first-order valence-corrected chi connectivity index (χ1v) is 7.34. The Bertz CT molecular complexity index is 821. The summed E-state index contributed by atoms with van der Waals surface area (Å²) >= 11 is 0. The average Bonchev–Trinajstić information content (AvgIpc) is 2.95. The second-order valence-electron chi connectivity index (χ2n) is 5.09. The van der Waals surface area contributed by atoms with E-state index in [2.05, 4.69) is 5.10 Å². The van der Waals surface area contributed by atoms with Gasteiger partial charge in [0.2, 0.25) is 5.89 Å². The lowest BCUT2D eigenvalue weighted by atomic mass is 9.91. The predicted octanol–water partition coefficient (Wildman–Crippen LogP) is 2.93. The molecule has 0 aliphatic rings. The first kappa shape index (κ1) is 14.8. The Morgan fingerprint density at radius 1 is 1.04 bits per heavy atom. The zero-order valence-electron chi connectivity index (χ0n) is 12.4. The molecule has 3 rings (SSSR count). The van der Waals surface area contributed by atoms with Crippen LogP contribution >= 0.6 is 0 Å². The minimum Gasteiger partial charge on any atom is -0.391 e. The van der Waals surface area contributed by atoms with Crippen LogP contribution in [0.2, 0.25) is 0 Å². The van der Waals surface area contributed by atoms with Crippen LogP contribution < -0.4 is 5.76 Å². The van der Waals surface area contributed by atoms with Crippen molar-refractivity contribution in [3.8, 4) is 6.07 Å². The van der Waals surface area contributed by atoms with Gasteiger partial charge in [-0.25, -0.2) is 4.79 Å². The molecule has 0 spiro atoms. The molecule has 0 saturated carbocycles. The first-order chi connectivity index (χ1) is 11.3. The summed E-state index contributed by atoms with van der Waals surface area (Å²) in [5, 5.41) is 13.0. The van der Waals surface area contributed by atoms with Crippen molar-refractivity contribution >= 4 is 0 Å². The van der Waals surface area contributed by atoms with Gasteiger partial charge in [-0.2, -0.15) is 9.94 Å². The highest BCUT2D eigenvalue weighted by atomic mass is 16.4. The number of rotatable bonds is 5. The van der Waals surface area contributed by atoms with E-state index in [0.29, 0.717) is 5.89 Å². The maximum atomic E-state index is 11.9. The number of aryl methyl sites for hydroxylation is 1. The molecule has 0 bridgehead atoms. The average molecular weight is 305 g/mol. The van der Waals surface area contributed by atoms with Crippen LogP contribution in [0.25, 0.3) is 0 Å². The maximum Gasteiger partial charge on any atom is 0.437 e. The SMILES string of the molecule is N#CCCn1nc(C(c2ccccc2)c2ccccc2)oc1=O. The largest absolute Gasteiger partial charge is 0.437 e. The summed E-state index contributed by atoms with van der Waals surface area (Å²) in [6, 6.07) is 21.6. The fourth-order valence-electron chi connectivity index (χ4n) is 2.50. The molecular formula is C18H15N3O2. The number of benzene rings is 2. The van der Waals surface area contributed by atoms with E-state index < -0.39 is 5.76 Å². The van der Waals surface area contributed by atoms with Gasteiger partial charge in [0.15, 0.2) is 0 Å². The van der Waals surface area contributed by atoms with Crippen molar-refractivity contribution in [3.05, 3.63) is 88.2 Å². The van der Waals surface area contributed by atoms with E-state index in [1.807, 2.05) is 66.7 Å². The van der Waals surface area contributed by atoms with Crippen LogP contribution in [0.4, 0.5) is 0 Å². The number of nitriles is 1. The second kappa shape index (κ2) is 6.75. The van der Waals surface area contributed by atoms with Gasteiger partial charge in [0.1, 0.15) is 0 Å². The molecule has 5 heteroatoms. The van der Waals surface area contributed by atoms with Crippen molar-refractivity contribution < 1.29 is 4.42 Å². The molecule has 0 saturated heterocycles. The molecule has 0 radical (unpaired) electrons. The Morgan fingerprint density at radius 2 is 1.61 bits per heavy atom. The fraction of sp³-hybridized carbons (Fsp3) is 0.167. The Morgan fingerprint density at radius 3 is 2.13 bits per heavy atom. The van der Waals surface area contributed by atoms with E-state index in [-0.39, 0.29) is 18.9 Å². The first-order valence-electron chi connectivity index (χ1n) is 7.34. The topological polar surface area (TPSA) is 71.8 Å². The summed E-state index contributed by atoms with van der Waals surface area (Å²) in [6.07, 6.45) is 0.215. The highest BCUT2D eigenvalue weighted by Gasteiger charge is 2.23.